The molecule has 3 heterocycles. The zero-order chi connectivity index (χ0) is 19.5. The molecule has 3 saturated heterocycles. The average Bonchev–Trinajstić information content (AvgIpc) is 3.12. The minimum absolute atomic E-state index is 0.240. The van der Waals surface area contributed by atoms with Crippen molar-refractivity contribution < 1.29 is 37.3 Å². The van der Waals surface area contributed by atoms with Crippen LogP contribution in [0.2, 0.25) is 0 Å². The highest BCUT2D eigenvalue weighted by Gasteiger charge is 2.57. The Hall–Kier alpha value is -1.39. The van der Waals surface area contributed by atoms with Gasteiger partial charge in [0.15, 0.2) is 0 Å². The van der Waals surface area contributed by atoms with Crippen molar-refractivity contribution in [3.05, 3.63) is 0 Å². The molecule has 0 spiro atoms. The fourth-order valence-electron chi connectivity index (χ4n) is 3.85. The monoisotopic (exact) mass is 382 g/mol. The number of ether oxygens (including phenoxy) is 2. The van der Waals surface area contributed by atoms with E-state index in [1.165, 1.54) is 0 Å². The number of nitrogens with zero attached hydrogens (tertiary/aromatic N) is 2. The molecule has 0 aromatic carbocycles. The highest BCUT2D eigenvalue weighted by Crippen LogP contribution is 2.43. The zero-order valence-electron chi connectivity index (χ0n) is 14.9. The number of carboxylic acids is 1. The molecule has 3 aliphatic heterocycles. The number of hydrogen-bond acceptors (Lipinski definition) is 5. The Balaban J connectivity index is 0.000000298. The van der Waals surface area contributed by atoms with Crippen molar-refractivity contribution in [3.8, 4) is 0 Å². The van der Waals surface area contributed by atoms with Gasteiger partial charge in [-0.3, -0.25) is 9.69 Å². The summed E-state index contributed by atoms with van der Waals surface area (Å²) in [5.41, 5.74) is -0.290. The van der Waals surface area contributed by atoms with Crippen LogP contribution in [0.4, 0.5) is 13.2 Å². The third-order valence-corrected chi connectivity index (χ3v) is 5.18. The minimum atomic E-state index is -5.08. The number of aliphatic carboxylic acids is 1. The van der Waals surface area contributed by atoms with Crippen LogP contribution in [0.3, 0.4) is 0 Å². The molecule has 0 bridgehead atoms. The van der Waals surface area contributed by atoms with Crippen molar-refractivity contribution in [1.82, 2.24) is 9.80 Å². The Bertz CT molecular complexity index is 523. The van der Waals surface area contributed by atoms with E-state index < -0.39 is 12.1 Å². The van der Waals surface area contributed by atoms with Crippen LogP contribution in [0, 0.1) is 11.3 Å². The van der Waals surface area contributed by atoms with Crippen LogP contribution in [-0.2, 0) is 19.1 Å². The van der Waals surface area contributed by atoms with Crippen LogP contribution >= 0.6 is 0 Å². The van der Waals surface area contributed by atoms with Crippen LogP contribution in [-0.4, -0.2) is 92.6 Å². The smallest absolute Gasteiger partial charge is 0.475 e. The molecule has 10 heteroatoms. The second-order valence-electron chi connectivity index (χ2n) is 7.14. The number of likely N-dealkylation sites (tertiary alicyclic amines) is 1. The van der Waals surface area contributed by atoms with Gasteiger partial charge in [-0.05, 0) is 12.8 Å². The zero-order valence-corrected chi connectivity index (χ0v) is 14.9. The van der Waals surface area contributed by atoms with Crippen LogP contribution in [0.25, 0.3) is 0 Å². The molecule has 0 aliphatic carbocycles. The molecule has 26 heavy (non-hydrogen) atoms. The van der Waals surface area contributed by atoms with Crippen molar-refractivity contribution in [2.45, 2.75) is 25.1 Å². The maximum atomic E-state index is 12.6. The number of rotatable bonds is 2. The first-order valence-corrected chi connectivity index (χ1v) is 8.49. The highest BCUT2D eigenvalue weighted by molar-refractivity contribution is 5.84. The van der Waals surface area contributed by atoms with Crippen molar-refractivity contribution in [1.29, 1.82) is 0 Å². The van der Waals surface area contributed by atoms with Gasteiger partial charge in [0.1, 0.15) is 0 Å². The van der Waals surface area contributed by atoms with Gasteiger partial charge in [0.2, 0.25) is 5.91 Å². The molecule has 150 valence electrons. The Labute approximate surface area is 150 Å². The molecule has 0 aromatic rings. The van der Waals surface area contributed by atoms with E-state index in [-0.39, 0.29) is 11.3 Å². The maximum absolute atomic E-state index is 12.6. The quantitative estimate of drug-likeness (QED) is 0.762. The first kappa shape index (κ1) is 20.9. The minimum Gasteiger partial charge on any atom is -0.475 e. The number of alkyl halides is 3. The second kappa shape index (κ2) is 8.10. The fraction of sp³-hybridized carbons (Fsp3) is 0.875. The van der Waals surface area contributed by atoms with Gasteiger partial charge in [0, 0.05) is 52.4 Å². The van der Waals surface area contributed by atoms with E-state index in [4.69, 9.17) is 19.4 Å². The number of hydrogen-bond donors (Lipinski definition) is 1. The molecule has 3 rings (SSSR count). The normalized spacial score (nSPS) is 29.7. The summed E-state index contributed by atoms with van der Waals surface area (Å²) in [6, 6.07) is 0.589. The molecule has 0 saturated carbocycles. The van der Waals surface area contributed by atoms with Crippen LogP contribution < -0.4 is 0 Å². The number of fused-ring (bicyclic) bond motifs is 1. The van der Waals surface area contributed by atoms with E-state index in [0.717, 1.165) is 45.8 Å². The predicted octanol–water partition coefficient (Wildman–Crippen LogP) is 0.835. The van der Waals surface area contributed by atoms with E-state index in [1.807, 2.05) is 14.1 Å². The van der Waals surface area contributed by atoms with Crippen molar-refractivity contribution in [3.63, 3.8) is 0 Å². The summed E-state index contributed by atoms with van der Waals surface area (Å²) in [6.45, 7) is 4.91. The van der Waals surface area contributed by atoms with E-state index in [9.17, 15) is 18.0 Å². The molecule has 0 unspecified atom stereocenters. The SMILES string of the molecule is CN(C)C(=O)[C@]12COC[C@H]1CN(C1CCOCC1)C2.O=C(O)C(F)(F)F. The number of halogens is 3. The fourth-order valence-corrected chi connectivity index (χ4v) is 3.85. The summed E-state index contributed by atoms with van der Waals surface area (Å²) in [5, 5.41) is 7.12. The molecule has 3 fully saturated rings. The molecule has 3 aliphatic rings. The van der Waals surface area contributed by atoms with Gasteiger partial charge < -0.3 is 19.5 Å². The summed E-state index contributed by atoms with van der Waals surface area (Å²) in [5.74, 6) is -2.15. The largest absolute Gasteiger partial charge is 0.490 e. The lowest BCUT2D eigenvalue weighted by Gasteiger charge is -2.33. The predicted molar refractivity (Wildman–Crippen MR) is 84.5 cm³/mol. The average molecular weight is 382 g/mol. The van der Waals surface area contributed by atoms with Gasteiger partial charge in [0.25, 0.3) is 0 Å². The van der Waals surface area contributed by atoms with Crippen LogP contribution in [0.1, 0.15) is 12.8 Å². The summed E-state index contributed by atoms with van der Waals surface area (Å²) < 4.78 is 42.8. The van der Waals surface area contributed by atoms with Crippen molar-refractivity contribution >= 4 is 11.9 Å². The number of carboxylic acid groups (broad SMARTS) is 1. The van der Waals surface area contributed by atoms with Gasteiger partial charge in [-0.2, -0.15) is 13.2 Å². The summed E-state index contributed by atoms with van der Waals surface area (Å²) in [7, 11) is 3.70. The van der Waals surface area contributed by atoms with Gasteiger partial charge in [-0.25, -0.2) is 4.79 Å². The highest BCUT2D eigenvalue weighted by atomic mass is 19.4. The molecule has 0 radical (unpaired) electrons. The van der Waals surface area contributed by atoms with Gasteiger partial charge in [-0.15, -0.1) is 0 Å². The topological polar surface area (TPSA) is 79.3 Å². The van der Waals surface area contributed by atoms with E-state index >= 15 is 0 Å². The third-order valence-electron chi connectivity index (χ3n) is 5.18. The summed E-state index contributed by atoms with van der Waals surface area (Å²) in [4.78, 5) is 25.7. The third kappa shape index (κ3) is 4.47. The van der Waals surface area contributed by atoms with Crippen LogP contribution in [0.15, 0.2) is 0 Å². The van der Waals surface area contributed by atoms with E-state index in [1.54, 1.807) is 4.90 Å². The number of carbonyl (C=O) groups is 2. The van der Waals surface area contributed by atoms with E-state index in [0.29, 0.717) is 18.6 Å². The summed E-state index contributed by atoms with van der Waals surface area (Å²) >= 11 is 0. The Morgan fingerprint density at radius 3 is 2.27 bits per heavy atom. The molecule has 1 amide bonds. The molecule has 1 N–H and O–H groups in total. The first-order chi connectivity index (χ1) is 12.1. The van der Waals surface area contributed by atoms with Gasteiger partial charge in [0.05, 0.1) is 18.6 Å². The summed E-state index contributed by atoms with van der Waals surface area (Å²) in [6.07, 6.45) is -2.89. The van der Waals surface area contributed by atoms with Gasteiger partial charge in [-0.1, -0.05) is 0 Å². The number of amides is 1. The van der Waals surface area contributed by atoms with Crippen LogP contribution in [0.5, 0.6) is 0 Å². The Morgan fingerprint density at radius 1 is 1.19 bits per heavy atom. The van der Waals surface area contributed by atoms with Crippen molar-refractivity contribution in [2.24, 2.45) is 11.3 Å². The second-order valence-corrected chi connectivity index (χ2v) is 7.14. The lowest BCUT2D eigenvalue weighted by atomic mass is 9.80. The van der Waals surface area contributed by atoms with E-state index in [2.05, 4.69) is 4.90 Å². The van der Waals surface area contributed by atoms with Crippen molar-refractivity contribution in [2.75, 3.05) is 53.6 Å². The molecule has 7 nitrogen and oxygen atoms in total. The molecular formula is C16H25F3N2O5. The molecular weight excluding hydrogens is 357 g/mol. The molecule has 2 atom stereocenters. The standard InChI is InChI=1S/C14H24N2O3.C2HF3O2/c1-15(2)13(17)14-9-16(7-11(14)8-19-10-14)12-3-5-18-6-4-12;3-2(4,5)1(6)7/h11-12H,3-10H2,1-2H3;(H,6,7)/t11-,14-;/m1./s1. The lowest BCUT2D eigenvalue weighted by molar-refractivity contribution is -0.192. The number of carbonyl (C=O) groups excluding carboxylic acids is 1. The lowest BCUT2D eigenvalue weighted by Crippen LogP contribution is -2.47. The maximum Gasteiger partial charge on any atom is 0.490 e. The molecule has 0 aromatic heterocycles. The first-order valence-electron chi connectivity index (χ1n) is 8.49. The van der Waals surface area contributed by atoms with Gasteiger partial charge >= 0.3 is 12.1 Å². The Kier molecular flexibility index (Phi) is 6.51. The Morgan fingerprint density at radius 2 is 1.77 bits per heavy atom.